The van der Waals surface area contributed by atoms with Crippen LogP contribution in [0.2, 0.25) is 0 Å². The number of amides is 2. The van der Waals surface area contributed by atoms with E-state index in [9.17, 15) is 9.59 Å². The molecule has 0 spiro atoms. The first-order valence-electron chi connectivity index (χ1n) is 6.02. The lowest BCUT2D eigenvalue weighted by Gasteiger charge is -2.18. The minimum atomic E-state index is -0.379. The van der Waals surface area contributed by atoms with Crippen molar-refractivity contribution in [3.8, 4) is 12.1 Å². The standard InChI is InChI=1S/C12H18N4O3/c1-2-7-19-10(8-15-11(17)3-5-13)9-16-12(18)4-6-14/h10H,2-4,7-9H2,1H3,(H,15,17)(H,16,18). The number of nitriles is 2. The van der Waals surface area contributed by atoms with E-state index in [2.05, 4.69) is 10.6 Å². The summed E-state index contributed by atoms with van der Waals surface area (Å²) in [4.78, 5) is 22.3. The molecular weight excluding hydrogens is 248 g/mol. The number of nitrogens with zero attached hydrogens (tertiary/aromatic N) is 2. The van der Waals surface area contributed by atoms with Gasteiger partial charge >= 0.3 is 0 Å². The zero-order valence-corrected chi connectivity index (χ0v) is 10.9. The van der Waals surface area contributed by atoms with Crippen LogP contribution in [0.3, 0.4) is 0 Å². The van der Waals surface area contributed by atoms with Crippen molar-refractivity contribution < 1.29 is 14.3 Å². The molecule has 2 amide bonds. The topological polar surface area (TPSA) is 115 Å². The van der Waals surface area contributed by atoms with Gasteiger partial charge in [0.05, 0.1) is 18.2 Å². The Hall–Kier alpha value is -2.12. The summed E-state index contributed by atoms with van der Waals surface area (Å²) >= 11 is 0. The number of nitrogens with one attached hydrogen (secondary N) is 2. The molecule has 0 fully saturated rings. The van der Waals surface area contributed by atoms with E-state index < -0.39 is 0 Å². The van der Waals surface area contributed by atoms with Crippen LogP contribution in [-0.2, 0) is 14.3 Å². The highest BCUT2D eigenvalue weighted by molar-refractivity contribution is 5.78. The van der Waals surface area contributed by atoms with Gasteiger partial charge in [-0.2, -0.15) is 10.5 Å². The van der Waals surface area contributed by atoms with E-state index in [1.54, 1.807) is 12.1 Å². The molecule has 19 heavy (non-hydrogen) atoms. The highest BCUT2D eigenvalue weighted by Gasteiger charge is 2.12. The monoisotopic (exact) mass is 266 g/mol. The molecule has 0 aliphatic rings. The zero-order valence-electron chi connectivity index (χ0n) is 10.9. The maximum absolute atomic E-state index is 11.1. The summed E-state index contributed by atoms with van der Waals surface area (Å²) in [6.45, 7) is 2.88. The van der Waals surface area contributed by atoms with Crippen LogP contribution >= 0.6 is 0 Å². The second kappa shape index (κ2) is 11.0. The molecule has 0 aromatic heterocycles. The number of hydrogen-bond acceptors (Lipinski definition) is 5. The Bertz CT molecular complexity index is 338. The first-order chi connectivity index (χ1) is 9.13. The third-order valence-electron chi connectivity index (χ3n) is 2.09. The van der Waals surface area contributed by atoms with Crippen LogP contribution in [0.15, 0.2) is 0 Å². The molecule has 104 valence electrons. The Labute approximate surface area is 112 Å². The van der Waals surface area contributed by atoms with E-state index in [4.69, 9.17) is 15.3 Å². The van der Waals surface area contributed by atoms with Crippen molar-refractivity contribution in [2.75, 3.05) is 19.7 Å². The lowest BCUT2D eigenvalue weighted by atomic mass is 10.3. The Balaban J connectivity index is 4.08. The van der Waals surface area contributed by atoms with E-state index in [0.29, 0.717) is 6.61 Å². The fourth-order valence-corrected chi connectivity index (χ4v) is 1.20. The van der Waals surface area contributed by atoms with Crippen LogP contribution in [0, 0.1) is 22.7 Å². The molecule has 7 heteroatoms. The summed E-state index contributed by atoms with van der Waals surface area (Å²) in [5, 5.41) is 21.8. The molecular formula is C12H18N4O3. The lowest BCUT2D eigenvalue weighted by Crippen LogP contribution is -2.41. The van der Waals surface area contributed by atoms with Crippen LogP contribution < -0.4 is 10.6 Å². The number of carbonyl (C=O) groups is 2. The number of rotatable bonds is 9. The minimum Gasteiger partial charge on any atom is -0.375 e. The normalized spacial score (nSPS) is 9.47. The predicted molar refractivity (Wildman–Crippen MR) is 66.5 cm³/mol. The van der Waals surface area contributed by atoms with E-state index in [1.165, 1.54) is 0 Å². The Morgan fingerprint density at radius 2 is 1.58 bits per heavy atom. The summed E-state index contributed by atoms with van der Waals surface area (Å²) in [7, 11) is 0. The molecule has 0 bridgehead atoms. The van der Waals surface area contributed by atoms with Gasteiger partial charge in [0.15, 0.2) is 0 Å². The molecule has 7 nitrogen and oxygen atoms in total. The third kappa shape index (κ3) is 9.57. The van der Waals surface area contributed by atoms with Gasteiger partial charge in [0.1, 0.15) is 12.8 Å². The molecule has 0 aromatic rings. The molecule has 0 heterocycles. The molecule has 0 radical (unpaired) electrons. The molecule has 0 aliphatic heterocycles. The quantitative estimate of drug-likeness (QED) is 0.601. The van der Waals surface area contributed by atoms with Gasteiger partial charge in [0.25, 0.3) is 0 Å². The van der Waals surface area contributed by atoms with Gasteiger partial charge in [0.2, 0.25) is 11.8 Å². The van der Waals surface area contributed by atoms with Crippen LogP contribution in [0.4, 0.5) is 0 Å². The van der Waals surface area contributed by atoms with Crippen molar-refractivity contribution in [1.29, 1.82) is 10.5 Å². The van der Waals surface area contributed by atoms with Gasteiger partial charge in [-0.05, 0) is 6.42 Å². The minimum absolute atomic E-state index is 0.207. The molecule has 2 N–H and O–H groups in total. The Kier molecular flexibility index (Phi) is 9.77. The first kappa shape index (κ1) is 16.9. The molecule has 0 saturated heterocycles. The second-order valence-electron chi connectivity index (χ2n) is 3.77. The van der Waals surface area contributed by atoms with Gasteiger partial charge in [-0.1, -0.05) is 6.92 Å². The summed E-state index contributed by atoms with van der Waals surface area (Å²) in [5.74, 6) is -0.758. The van der Waals surface area contributed by atoms with Crippen molar-refractivity contribution in [1.82, 2.24) is 10.6 Å². The van der Waals surface area contributed by atoms with Gasteiger partial charge in [0, 0.05) is 19.7 Å². The number of hydrogen-bond donors (Lipinski definition) is 2. The van der Waals surface area contributed by atoms with Gasteiger partial charge in [-0.15, -0.1) is 0 Å². The second-order valence-corrected chi connectivity index (χ2v) is 3.77. The van der Waals surface area contributed by atoms with Gasteiger partial charge in [-0.25, -0.2) is 0 Å². The molecule has 0 aliphatic carbocycles. The van der Waals surface area contributed by atoms with Gasteiger partial charge in [-0.3, -0.25) is 9.59 Å². The van der Waals surface area contributed by atoms with Crippen molar-refractivity contribution in [3.05, 3.63) is 0 Å². The van der Waals surface area contributed by atoms with Crippen LogP contribution in [0.25, 0.3) is 0 Å². The van der Waals surface area contributed by atoms with E-state index >= 15 is 0 Å². The molecule has 0 rings (SSSR count). The third-order valence-corrected chi connectivity index (χ3v) is 2.09. The largest absolute Gasteiger partial charge is 0.375 e. The zero-order chi connectivity index (χ0) is 14.5. The first-order valence-corrected chi connectivity index (χ1v) is 6.02. The molecule has 0 saturated carbocycles. The number of ether oxygens (including phenoxy) is 1. The maximum atomic E-state index is 11.1. The smallest absolute Gasteiger partial charge is 0.234 e. The van der Waals surface area contributed by atoms with E-state index in [1.807, 2.05) is 6.92 Å². The summed E-state index contributed by atoms with van der Waals surface area (Å²) in [5.41, 5.74) is 0. The van der Waals surface area contributed by atoms with E-state index in [-0.39, 0.29) is 43.8 Å². The average molecular weight is 266 g/mol. The van der Waals surface area contributed by atoms with Crippen molar-refractivity contribution >= 4 is 11.8 Å². The van der Waals surface area contributed by atoms with E-state index in [0.717, 1.165) is 6.42 Å². The van der Waals surface area contributed by atoms with Crippen molar-refractivity contribution in [2.24, 2.45) is 0 Å². The van der Waals surface area contributed by atoms with Crippen LogP contribution in [0.5, 0.6) is 0 Å². The van der Waals surface area contributed by atoms with Crippen LogP contribution in [-0.4, -0.2) is 37.6 Å². The van der Waals surface area contributed by atoms with Crippen LogP contribution in [0.1, 0.15) is 26.2 Å². The fourth-order valence-electron chi connectivity index (χ4n) is 1.20. The summed E-state index contributed by atoms with van der Waals surface area (Å²) < 4.78 is 5.45. The lowest BCUT2D eigenvalue weighted by molar-refractivity contribution is -0.121. The average Bonchev–Trinajstić information content (AvgIpc) is 2.38. The molecule has 0 unspecified atom stereocenters. The molecule has 0 atom stereocenters. The SMILES string of the molecule is CCCOC(CNC(=O)CC#N)CNC(=O)CC#N. The van der Waals surface area contributed by atoms with Crippen molar-refractivity contribution in [2.45, 2.75) is 32.3 Å². The molecule has 0 aromatic carbocycles. The summed E-state index contributed by atoms with van der Waals surface area (Å²) in [6.07, 6.45) is 0.0300. The number of carbonyl (C=O) groups excluding carboxylic acids is 2. The predicted octanol–water partition coefficient (Wildman–Crippen LogP) is -0.159. The Morgan fingerprint density at radius 3 is 1.95 bits per heavy atom. The Morgan fingerprint density at radius 1 is 1.11 bits per heavy atom. The highest BCUT2D eigenvalue weighted by atomic mass is 16.5. The fraction of sp³-hybridized carbons (Fsp3) is 0.667. The highest BCUT2D eigenvalue weighted by Crippen LogP contribution is 1.93. The maximum Gasteiger partial charge on any atom is 0.234 e. The van der Waals surface area contributed by atoms with Crippen molar-refractivity contribution in [3.63, 3.8) is 0 Å². The van der Waals surface area contributed by atoms with Gasteiger partial charge < -0.3 is 15.4 Å². The summed E-state index contributed by atoms with van der Waals surface area (Å²) in [6, 6.07) is 3.49.